The smallest absolute Gasteiger partial charge is 0.190 e. The van der Waals surface area contributed by atoms with Crippen LogP contribution in [0.3, 0.4) is 0 Å². The molecular weight excluding hydrogens is 517 g/mol. The molecule has 0 saturated heterocycles. The molecule has 1 atom stereocenters. The molecule has 0 amide bonds. The van der Waals surface area contributed by atoms with E-state index >= 15 is 0 Å². The molecule has 27 heavy (non-hydrogen) atoms. The summed E-state index contributed by atoms with van der Waals surface area (Å²) in [6.07, 6.45) is 8.29. The lowest BCUT2D eigenvalue weighted by Gasteiger charge is -2.18. The Balaban J connectivity index is 0.00000364. The van der Waals surface area contributed by atoms with Crippen LogP contribution in [0.1, 0.15) is 30.9 Å². The lowest BCUT2D eigenvalue weighted by Crippen LogP contribution is -2.40. The van der Waals surface area contributed by atoms with Crippen LogP contribution in [0.4, 0.5) is 0 Å². The van der Waals surface area contributed by atoms with Gasteiger partial charge in [-0.2, -0.15) is 5.10 Å². The van der Waals surface area contributed by atoms with E-state index in [0.29, 0.717) is 5.92 Å². The van der Waals surface area contributed by atoms with Gasteiger partial charge in [0.1, 0.15) is 0 Å². The molecule has 0 spiro atoms. The molecule has 2 rings (SSSR count). The molecule has 0 saturated carbocycles. The fraction of sp³-hybridized carbons (Fsp3) is 0.500. The molecule has 0 aliphatic carbocycles. The Kier molecular flexibility index (Phi) is 11.7. The molecule has 1 heterocycles. The maximum Gasteiger partial charge on any atom is 0.190 e. The van der Waals surface area contributed by atoms with Crippen LogP contribution in [-0.4, -0.2) is 35.9 Å². The molecule has 150 valence electrons. The van der Waals surface area contributed by atoms with Crippen molar-refractivity contribution in [2.45, 2.75) is 32.6 Å². The highest BCUT2D eigenvalue weighted by molar-refractivity contribution is 14.0. The van der Waals surface area contributed by atoms with Gasteiger partial charge in [-0.25, -0.2) is 0 Å². The zero-order valence-corrected chi connectivity index (χ0v) is 20.3. The van der Waals surface area contributed by atoms with Gasteiger partial charge in [-0.15, -0.1) is 24.0 Å². The van der Waals surface area contributed by atoms with E-state index in [9.17, 15) is 0 Å². The summed E-state index contributed by atoms with van der Waals surface area (Å²) in [5.74, 6) is 1.46. The third-order valence-corrected chi connectivity index (χ3v) is 4.96. The number of nitrogens with zero attached hydrogens (tertiary/aromatic N) is 3. The van der Waals surface area contributed by atoms with Gasteiger partial charge in [0.05, 0.1) is 6.20 Å². The van der Waals surface area contributed by atoms with Crippen molar-refractivity contribution in [3.8, 4) is 0 Å². The van der Waals surface area contributed by atoms with Crippen molar-refractivity contribution < 1.29 is 0 Å². The van der Waals surface area contributed by atoms with E-state index in [2.05, 4.69) is 74.0 Å². The van der Waals surface area contributed by atoms with Gasteiger partial charge in [0, 0.05) is 37.9 Å². The van der Waals surface area contributed by atoms with Crippen LogP contribution in [0.25, 0.3) is 0 Å². The van der Waals surface area contributed by atoms with E-state index in [0.717, 1.165) is 49.2 Å². The Morgan fingerprint density at radius 3 is 2.74 bits per heavy atom. The number of halogens is 2. The second-order valence-corrected chi connectivity index (χ2v) is 7.53. The Labute approximate surface area is 188 Å². The van der Waals surface area contributed by atoms with Gasteiger partial charge < -0.3 is 10.6 Å². The van der Waals surface area contributed by atoms with E-state index < -0.39 is 0 Å². The summed E-state index contributed by atoms with van der Waals surface area (Å²) in [4.78, 5) is 4.33. The number of aliphatic imine (C=N–C) groups is 1. The summed E-state index contributed by atoms with van der Waals surface area (Å²) in [5.41, 5.74) is 2.64. The van der Waals surface area contributed by atoms with E-state index in [1.54, 1.807) is 0 Å². The zero-order chi connectivity index (χ0) is 18.8. The highest BCUT2D eigenvalue weighted by atomic mass is 127. The van der Waals surface area contributed by atoms with E-state index in [1.165, 1.54) is 11.1 Å². The molecule has 1 aromatic carbocycles. The van der Waals surface area contributed by atoms with E-state index in [4.69, 9.17) is 0 Å². The number of aryl methyl sites for hydroxylation is 2. The molecule has 0 aliphatic rings. The highest BCUT2D eigenvalue weighted by Crippen LogP contribution is 2.16. The molecule has 1 unspecified atom stereocenters. The molecule has 7 heteroatoms. The molecule has 0 bridgehead atoms. The van der Waals surface area contributed by atoms with Crippen molar-refractivity contribution in [3.05, 3.63) is 52.3 Å². The van der Waals surface area contributed by atoms with Gasteiger partial charge in [-0.1, -0.05) is 41.4 Å². The van der Waals surface area contributed by atoms with Crippen LogP contribution in [0.5, 0.6) is 0 Å². The number of benzene rings is 1. The molecular formula is C20H31BrIN5. The average Bonchev–Trinajstić information content (AvgIpc) is 3.05. The predicted molar refractivity (Wildman–Crippen MR) is 128 cm³/mol. The van der Waals surface area contributed by atoms with Gasteiger partial charge in [-0.05, 0) is 48.4 Å². The maximum atomic E-state index is 4.33. The number of guanidine groups is 1. The molecule has 5 nitrogen and oxygen atoms in total. The number of hydrogen-bond donors (Lipinski definition) is 2. The summed E-state index contributed by atoms with van der Waals surface area (Å²) in [6, 6.07) is 8.56. The first kappa shape index (κ1) is 23.9. The van der Waals surface area contributed by atoms with Crippen molar-refractivity contribution in [1.29, 1.82) is 0 Å². The molecule has 1 aromatic heterocycles. The largest absolute Gasteiger partial charge is 0.356 e. The molecule has 0 aliphatic heterocycles. The van der Waals surface area contributed by atoms with Crippen LogP contribution in [0.2, 0.25) is 0 Å². The Morgan fingerprint density at radius 1 is 1.30 bits per heavy atom. The summed E-state index contributed by atoms with van der Waals surface area (Å²) < 4.78 is 2.99. The number of rotatable bonds is 9. The second kappa shape index (κ2) is 13.1. The first-order valence-electron chi connectivity index (χ1n) is 9.27. The second-order valence-electron chi connectivity index (χ2n) is 6.61. The number of nitrogens with one attached hydrogen (secondary N) is 2. The molecule has 0 fully saturated rings. The van der Waals surface area contributed by atoms with Crippen molar-refractivity contribution in [1.82, 2.24) is 20.4 Å². The monoisotopic (exact) mass is 547 g/mol. The third-order valence-electron chi connectivity index (χ3n) is 4.47. The molecule has 0 radical (unpaired) electrons. The number of aromatic nitrogens is 2. The Morgan fingerprint density at radius 2 is 2.11 bits per heavy atom. The van der Waals surface area contributed by atoms with Crippen LogP contribution in [0.15, 0.2) is 46.1 Å². The SMILES string of the molecule is CCC(CNC(=NC)NCCCc1cnn(C)c1)Cc1cccc(Br)c1.I. The standard InChI is InChI=1S/C20H30BrN5.HI/c1-4-16(11-17-7-5-9-19(21)12-17)13-24-20(22-2)23-10-6-8-18-14-25-26(3)15-18;/h5,7,9,12,14-16H,4,6,8,10-11,13H2,1-3H3,(H2,22,23,24);1H. The van der Waals surface area contributed by atoms with Gasteiger partial charge in [-0.3, -0.25) is 9.67 Å². The topological polar surface area (TPSA) is 54.2 Å². The van der Waals surface area contributed by atoms with E-state index in [1.807, 2.05) is 25.0 Å². The van der Waals surface area contributed by atoms with Crippen molar-refractivity contribution in [2.75, 3.05) is 20.1 Å². The van der Waals surface area contributed by atoms with Gasteiger partial charge in [0.2, 0.25) is 0 Å². The Hall–Kier alpha value is -1.09. The van der Waals surface area contributed by atoms with Crippen LogP contribution in [-0.2, 0) is 19.9 Å². The minimum absolute atomic E-state index is 0. The van der Waals surface area contributed by atoms with Crippen molar-refractivity contribution >= 4 is 45.9 Å². The van der Waals surface area contributed by atoms with Crippen LogP contribution >= 0.6 is 39.9 Å². The average molecular weight is 548 g/mol. The Bertz CT molecular complexity index is 701. The fourth-order valence-corrected chi connectivity index (χ4v) is 3.37. The highest BCUT2D eigenvalue weighted by Gasteiger charge is 2.09. The minimum atomic E-state index is 0. The summed E-state index contributed by atoms with van der Waals surface area (Å²) in [7, 11) is 3.78. The van der Waals surface area contributed by atoms with Gasteiger partial charge >= 0.3 is 0 Å². The maximum absolute atomic E-state index is 4.33. The lowest BCUT2D eigenvalue weighted by atomic mass is 9.97. The van der Waals surface area contributed by atoms with Gasteiger partial charge in [0.15, 0.2) is 5.96 Å². The van der Waals surface area contributed by atoms with Crippen molar-refractivity contribution in [3.63, 3.8) is 0 Å². The lowest BCUT2D eigenvalue weighted by molar-refractivity contribution is 0.493. The summed E-state index contributed by atoms with van der Waals surface area (Å²) >= 11 is 3.55. The number of hydrogen-bond acceptors (Lipinski definition) is 2. The minimum Gasteiger partial charge on any atom is -0.356 e. The first-order valence-corrected chi connectivity index (χ1v) is 10.1. The van der Waals surface area contributed by atoms with Gasteiger partial charge in [0.25, 0.3) is 0 Å². The molecule has 2 aromatic rings. The van der Waals surface area contributed by atoms with Crippen LogP contribution in [0, 0.1) is 5.92 Å². The predicted octanol–water partition coefficient (Wildman–Crippen LogP) is 4.17. The molecule has 2 N–H and O–H groups in total. The normalized spacial score (nSPS) is 12.4. The quantitative estimate of drug-likeness (QED) is 0.214. The fourth-order valence-electron chi connectivity index (χ4n) is 2.92. The summed E-state index contributed by atoms with van der Waals surface area (Å²) in [6.45, 7) is 4.07. The third kappa shape index (κ3) is 9.10. The van der Waals surface area contributed by atoms with Crippen molar-refractivity contribution in [2.24, 2.45) is 18.0 Å². The van der Waals surface area contributed by atoms with Crippen LogP contribution < -0.4 is 10.6 Å². The van der Waals surface area contributed by atoms with E-state index in [-0.39, 0.29) is 24.0 Å². The summed E-state index contributed by atoms with van der Waals surface area (Å²) in [5, 5.41) is 11.1. The zero-order valence-electron chi connectivity index (χ0n) is 16.4. The first-order chi connectivity index (χ1) is 12.6.